The fourth-order valence-electron chi connectivity index (χ4n) is 3.11. The van der Waals surface area contributed by atoms with Crippen LogP contribution in [0.25, 0.3) is 17.2 Å². The topological polar surface area (TPSA) is 89.1 Å². The molecule has 0 radical (unpaired) electrons. The van der Waals surface area contributed by atoms with Gasteiger partial charge in [-0.3, -0.25) is 9.36 Å². The first-order valence-corrected chi connectivity index (χ1v) is 7.99. The third-order valence-corrected chi connectivity index (χ3v) is 4.33. The van der Waals surface area contributed by atoms with Gasteiger partial charge in [-0.25, -0.2) is 4.98 Å². The van der Waals surface area contributed by atoms with Gasteiger partial charge in [0.2, 0.25) is 11.7 Å². The van der Waals surface area contributed by atoms with Gasteiger partial charge in [0.1, 0.15) is 12.0 Å². The molecule has 128 valence electrons. The molecule has 0 bridgehead atoms. The monoisotopic (exact) mass is 338 g/mol. The Bertz CT molecular complexity index is 958. The van der Waals surface area contributed by atoms with Crippen LogP contribution < -0.4 is 5.32 Å². The van der Waals surface area contributed by atoms with E-state index < -0.39 is 0 Å². The van der Waals surface area contributed by atoms with Crippen LogP contribution in [0.1, 0.15) is 27.5 Å². The molecule has 0 saturated carbocycles. The average Bonchev–Trinajstić information content (AvgIpc) is 3.19. The minimum absolute atomic E-state index is 0.00765. The molecule has 8 nitrogen and oxygen atoms in total. The standard InChI is InChI=1S/C17H18N6O2/c1-10-5-4-6-11-14(10)17(24)22(3)8-12-15(19-9-23(11)12)16-20-13(7-18-2)25-21-16/h4-6,9,18H,7-8H2,1-3H3. The van der Waals surface area contributed by atoms with E-state index in [9.17, 15) is 4.79 Å². The van der Waals surface area contributed by atoms with Crippen molar-refractivity contribution in [1.29, 1.82) is 0 Å². The van der Waals surface area contributed by atoms with Crippen LogP contribution in [0, 0.1) is 6.92 Å². The van der Waals surface area contributed by atoms with Gasteiger partial charge in [-0.1, -0.05) is 17.3 Å². The number of aryl methyl sites for hydroxylation is 1. The number of imidazole rings is 1. The Labute approximate surface area is 144 Å². The van der Waals surface area contributed by atoms with Crippen molar-refractivity contribution in [3.63, 3.8) is 0 Å². The number of nitrogens with zero attached hydrogens (tertiary/aromatic N) is 5. The predicted octanol–water partition coefficient (Wildman–Crippen LogP) is 1.54. The molecule has 1 amide bonds. The lowest BCUT2D eigenvalue weighted by Crippen LogP contribution is -2.25. The molecule has 1 aliphatic rings. The molecule has 1 aliphatic heterocycles. The fraction of sp³-hybridized carbons (Fsp3) is 0.294. The fourth-order valence-corrected chi connectivity index (χ4v) is 3.11. The zero-order chi connectivity index (χ0) is 17.6. The Morgan fingerprint density at radius 2 is 2.20 bits per heavy atom. The van der Waals surface area contributed by atoms with Crippen molar-refractivity contribution in [1.82, 2.24) is 29.9 Å². The van der Waals surface area contributed by atoms with Gasteiger partial charge in [0, 0.05) is 7.05 Å². The van der Waals surface area contributed by atoms with Crippen molar-refractivity contribution in [3.05, 3.63) is 47.2 Å². The summed E-state index contributed by atoms with van der Waals surface area (Å²) in [6.07, 6.45) is 1.71. The van der Waals surface area contributed by atoms with Crippen LogP contribution in [0.15, 0.2) is 29.0 Å². The Hall–Kier alpha value is -3.00. The molecule has 25 heavy (non-hydrogen) atoms. The van der Waals surface area contributed by atoms with E-state index in [4.69, 9.17) is 4.52 Å². The normalized spacial score (nSPS) is 13.6. The summed E-state index contributed by atoms with van der Waals surface area (Å²) in [7, 11) is 3.60. The van der Waals surface area contributed by atoms with E-state index in [0.717, 1.165) is 16.9 Å². The summed E-state index contributed by atoms with van der Waals surface area (Å²) >= 11 is 0. The molecule has 1 aromatic carbocycles. The molecule has 2 aromatic heterocycles. The minimum atomic E-state index is -0.00765. The molecule has 4 rings (SSSR count). The second kappa shape index (κ2) is 5.82. The lowest BCUT2D eigenvalue weighted by molar-refractivity contribution is 0.0787. The lowest BCUT2D eigenvalue weighted by Gasteiger charge is -2.15. The number of carbonyl (C=O) groups is 1. The van der Waals surface area contributed by atoms with Crippen LogP contribution in [-0.4, -0.2) is 44.6 Å². The number of hydrogen-bond donors (Lipinski definition) is 1. The summed E-state index contributed by atoms with van der Waals surface area (Å²) in [6, 6.07) is 5.81. The van der Waals surface area contributed by atoms with E-state index >= 15 is 0 Å². The maximum absolute atomic E-state index is 12.8. The number of benzene rings is 1. The zero-order valence-corrected chi connectivity index (χ0v) is 14.3. The highest BCUT2D eigenvalue weighted by molar-refractivity contribution is 5.99. The number of fused-ring (bicyclic) bond motifs is 3. The van der Waals surface area contributed by atoms with Crippen LogP contribution in [0.3, 0.4) is 0 Å². The quantitative estimate of drug-likeness (QED) is 0.779. The first-order chi connectivity index (χ1) is 12.1. The Balaban J connectivity index is 1.88. The molecule has 0 spiro atoms. The van der Waals surface area contributed by atoms with Gasteiger partial charge in [0.05, 0.1) is 30.0 Å². The van der Waals surface area contributed by atoms with Crippen molar-refractivity contribution in [2.24, 2.45) is 0 Å². The van der Waals surface area contributed by atoms with Gasteiger partial charge in [-0.2, -0.15) is 4.98 Å². The number of hydrogen-bond acceptors (Lipinski definition) is 6. The SMILES string of the molecule is CNCc1nc(-c2ncn3c2CN(C)C(=O)c2c(C)cccc2-3)no1. The summed E-state index contributed by atoms with van der Waals surface area (Å²) in [4.78, 5) is 23.4. The van der Waals surface area contributed by atoms with Crippen molar-refractivity contribution in [2.75, 3.05) is 14.1 Å². The average molecular weight is 338 g/mol. The summed E-state index contributed by atoms with van der Waals surface area (Å²) in [5.41, 5.74) is 3.93. The van der Waals surface area contributed by atoms with Crippen molar-refractivity contribution in [2.45, 2.75) is 20.0 Å². The van der Waals surface area contributed by atoms with Gasteiger partial charge < -0.3 is 14.7 Å². The summed E-state index contributed by atoms with van der Waals surface area (Å²) < 4.78 is 7.17. The molecule has 1 N–H and O–H groups in total. The van der Waals surface area contributed by atoms with E-state index in [1.54, 1.807) is 18.3 Å². The largest absolute Gasteiger partial charge is 0.337 e. The molecule has 0 aliphatic carbocycles. The highest BCUT2D eigenvalue weighted by Crippen LogP contribution is 2.30. The number of rotatable bonds is 3. The third-order valence-electron chi connectivity index (χ3n) is 4.33. The Kier molecular flexibility index (Phi) is 3.61. The molecule has 8 heteroatoms. The van der Waals surface area contributed by atoms with Gasteiger partial charge in [0.15, 0.2) is 0 Å². The third kappa shape index (κ3) is 2.42. The summed E-state index contributed by atoms with van der Waals surface area (Å²) in [6.45, 7) is 2.85. The summed E-state index contributed by atoms with van der Waals surface area (Å²) in [5.74, 6) is 0.913. The van der Waals surface area contributed by atoms with E-state index in [1.165, 1.54) is 0 Å². The van der Waals surface area contributed by atoms with E-state index in [2.05, 4.69) is 20.4 Å². The second-order valence-corrected chi connectivity index (χ2v) is 6.08. The van der Waals surface area contributed by atoms with Crippen LogP contribution >= 0.6 is 0 Å². The lowest BCUT2D eigenvalue weighted by atomic mass is 10.1. The number of carbonyl (C=O) groups excluding carboxylic acids is 1. The van der Waals surface area contributed by atoms with Gasteiger partial charge in [-0.15, -0.1) is 0 Å². The Morgan fingerprint density at radius 1 is 1.36 bits per heavy atom. The van der Waals surface area contributed by atoms with E-state index in [1.807, 2.05) is 36.7 Å². The molecular weight excluding hydrogens is 320 g/mol. The van der Waals surface area contributed by atoms with Crippen LogP contribution in [0.2, 0.25) is 0 Å². The first kappa shape index (κ1) is 15.5. The van der Waals surface area contributed by atoms with Crippen molar-refractivity contribution >= 4 is 5.91 Å². The smallest absolute Gasteiger partial charge is 0.256 e. The Morgan fingerprint density at radius 3 is 3.00 bits per heavy atom. The maximum atomic E-state index is 12.8. The zero-order valence-electron chi connectivity index (χ0n) is 14.3. The van der Waals surface area contributed by atoms with E-state index in [0.29, 0.717) is 36.1 Å². The maximum Gasteiger partial charge on any atom is 0.256 e. The highest BCUT2D eigenvalue weighted by Gasteiger charge is 2.29. The molecule has 0 fully saturated rings. The number of nitrogens with one attached hydrogen (secondary N) is 1. The highest BCUT2D eigenvalue weighted by atomic mass is 16.5. The second-order valence-electron chi connectivity index (χ2n) is 6.08. The van der Waals surface area contributed by atoms with Gasteiger partial charge in [-0.05, 0) is 25.6 Å². The van der Waals surface area contributed by atoms with Gasteiger partial charge in [0.25, 0.3) is 5.91 Å². The minimum Gasteiger partial charge on any atom is -0.337 e. The molecule has 0 saturated heterocycles. The molecular formula is C17H18N6O2. The van der Waals surface area contributed by atoms with Crippen molar-refractivity contribution < 1.29 is 9.32 Å². The molecule has 3 heterocycles. The van der Waals surface area contributed by atoms with E-state index in [-0.39, 0.29) is 5.91 Å². The predicted molar refractivity (Wildman–Crippen MR) is 90.2 cm³/mol. The number of amides is 1. The van der Waals surface area contributed by atoms with Crippen molar-refractivity contribution in [3.8, 4) is 17.2 Å². The molecule has 0 atom stereocenters. The summed E-state index contributed by atoms with van der Waals surface area (Å²) in [5, 5.41) is 7.00. The van der Waals surface area contributed by atoms with Crippen LogP contribution in [0.5, 0.6) is 0 Å². The van der Waals surface area contributed by atoms with Crippen LogP contribution in [-0.2, 0) is 13.1 Å². The van der Waals surface area contributed by atoms with Crippen LogP contribution in [0.4, 0.5) is 0 Å². The number of aromatic nitrogens is 4. The molecule has 0 unspecified atom stereocenters. The molecule has 3 aromatic rings. The first-order valence-electron chi connectivity index (χ1n) is 7.99. The van der Waals surface area contributed by atoms with Gasteiger partial charge >= 0.3 is 0 Å².